The summed E-state index contributed by atoms with van der Waals surface area (Å²) < 4.78 is 0.599. The molecule has 0 unspecified atom stereocenters. The second-order valence-corrected chi connectivity index (χ2v) is 11.0. The highest BCUT2D eigenvalue weighted by Crippen LogP contribution is 2.53. The Morgan fingerprint density at radius 2 is 1.91 bits per heavy atom. The van der Waals surface area contributed by atoms with Crippen molar-refractivity contribution in [2.24, 2.45) is 17.8 Å². The molecule has 0 bridgehead atoms. The van der Waals surface area contributed by atoms with Gasteiger partial charge in [-0.1, -0.05) is 18.7 Å². The van der Waals surface area contributed by atoms with Crippen molar-refractivity contribution in [3.63, 3.8) is 0 Å². The first-order valence-corrected chi connectivity index (χ1v) is 11.9. The number of likely N-dealkylation sites (tertiary alicyclic amines) is 1. The van der Waals surface area contributed by atoms with Crippen molar-refractivity contribution in [2.75, 3.05) is 46.8 Å². The van der Waals surface area contributed by atoms with E-state index in [4.69, 9.17) is 0 Å². The minimum Gasteiger partial charge on any atom is -0.543 e. The van der Waals surface area contributed by atoms with Crippen LogP contribution in [0.4, 0.5) is 0 Å². The van der Waals surface area contributed by atoms with Gasteiger partial charge >= 0.3 is 0 Å². The standard InChI is InChI=1S/C21H32N4O5S.ClH/c1-11-16-15(12(2)26)20(28)24(16)17(21(29)30)18(11)31-14-9-13(10-25(14,3)4)19(27)23-7-5-22-6-8-23;/h11-16,22,26H,5-10H2,1-4H3;1H/t11-,12-,13-,14+,15-,16-;/m1./s1. The van der Waals surface area contributed by atoms with Gasteiger partial charge in [-0.25, -0.2) is 0 Å². The van der Waals surface area contributed by atoms with Crippen LogP contribution >= 0.6 is 24.2 Å². The molecule has 0 radical (unpaired) electrons. The van der Waals surface area contributed by atoms with Crippen LogP contribution in [0, 0.1) is 17.8 Å². The molecule has 180 valence electrons. The molecular weight excluding hydrogens is 456 g/mol. The van der Waals surface area contributed by atoms with Gasteiger partial charge in [0.1, 0.15) is 5.37 Å². The number of piperazine rings is 1. The molecule has 4 aliphatic heterocycles. The SMILES string of the molecule is C[C@@H](O)[C@H]1C(=O)N2C(C(=O)[O-])=C(S[C@H]3C[C@@H](C(=O)N4CCNCC4)C[N+]3(C)C)[C@H](C)[C@H]12.Cl. The van der Waals surface area contributed by atoms with Crippen molar-refractivity contribution < 1.29 is 29.1 Å². The number of nitrogens with zero attached hydrogens (tertiary/aromatic N) is 3. The van der Waals surface area contributed by atoms with Gasteiger partial charge in [-0.05, 0) is 6.92 Å². The number of carbonyl (C=O) groups is 3. The van der Waals surface area contributed by atoms with Gasteiger partial charge in [0.05, 0.1) is 56.3 Å². The number of β-lactam (4-membered cyclic amide) rings is 1. The number of hydrogen-bond donors (Lipinski definition) is 2. The third kappa shape index (κ3) is 4.04. The average Bonchev–Trinajstić information content (AvgIpc) is 3.13. The summed E-state index contributed by atoms with van der Waals surface area (Å²) in [6, 6.07) is -0.349. The Morgan fingerprint density at radius 3 is 2.47 bits per heavy atom. The lowest BCUT2D eigenvalue weighted by Gasteiger charge is -2.47. The molecule has 0 aliphatic carbocycles. The fourth-order valence-electron chi connectivity index (χ4n) is 5.62. The molecule has 0 spiro atoms. The van der Waals surface area contributed by atoms with E-state index < -0.39 is 18.0 Å². The normalized spacial score (nSPS) is 34.7. The molecule has 2 N–H and O–H groups in total. The first kappa shape index (κ1) is 25.3. The average molecular weight is 489 g/mol. The Kier molecular flexibility index (Phi) is 7.22. The number of carboxylic acids is 1. The molecule has 0 aromatic carbocycles. The lowest BCUT2D eigenvalue weighted by molar-refractivity contribution is -0.888. The fourth-order valence-corrected chi connectivity index (χ4v) is 7.26. The first-order chi connectivity index (χ1) is 14.5. The molecule has 6 atom stereocenters. The number of aliphatic hydroxyl groups is 1. The van der Waals surface area contributed by atoms with Crippen LogP contribution in [0.15, 0.2) is 10.6 Å². The molecule has 4 heterocycles. The van der Waals surface area contributed by atoms with E-state index in [1.165, 1.54) is 16.7 Å². The second-order valence-electron chi connectivity index (χ2n) is 9.80. The van der Waals surface area contributed by atoms with Crippen LogP contribution in [-0.4, -0.2) is 102 Å². The van der Waals surface area contributed by atoms with E-state index in [1.54, 1.807) is 6.92 Å². The summed E-state index contributed by atoms with van der Waals surface area (Å²) >= 11 is 1.47. The Bertz CT molecular complexity index is 829. The second kappa shape index (κ2) is 9.13. The van der Waals surface area contributed by atoms with Crippen LogP contribution in [0.1, 0.15) is 20.3 Å². The molecule has 4 rings (SSSR count). The third-order valence-electron chi connectivity index (χ3n) is 7.30. The molecule has 11 heteroatoms. The molecular formula is C21H33ClN4O5S. The van der Waals surface area contributed by atoms with Crippen LogP contribution in [0.3, 0.4) is 0 Å². The third-order valence-corrected chi connectivity index (χ3v) is 9.15. The minimum absolute atomic E-state index is 0. The van der Waals surface area contributed by atoms with Gasteiger partial charge in [0.2, 0.25) is 11.8 Å². The zero-order valence-electron chi connectivity index (χ0n) is 18.9. The number of fused-ring (bicyclic) bond motifs is 1. The molecule has 0 saturated carbocycles. The molecule has 4 aliphatic rings. The lowest BCUT2D eigenvalue weighted by atomic mass is 9.79. The number of amides is 2. The zero-order valence-corrected chi connectivity index (χ0v) is 20.6. The number of quaternary nitrogens is 1. The van der Waals surface area contributed by atoms with Crippen LogP contribution in [-0.2, 0) is 14.4 Å². The number of carbonyl (C=O) groups excluding carboxylic acids is 3. The number of aliphatic hydroxyl groups excluding tert-OH is 1. The number of aliphatic carboxylic acids is 1. The number of halogens is 1. The minimum atomic E-state index is -1.36. The van der Waals surface area contributed by atoms with Gasteiger partial charge in [-0.2, -0.15) is 0 Å². The summed E-state index contributed by atoms with van der Waals surface area (Å²) in [6.07, 6.45) is -0.168. The van der Waals surface area contributed by atoms with Gasteiger partial charge in [0.15, 0.2) is 0 Å². The van der Waals surface area contributed by atoms with Gasteiger partial charge in [0.25, 0.3) is 0 Å². The van der Waals surface area contributed by atoms with E-state index in [0.717, 1.165) is 26.2 Å². The van der Waals surface area contributed by atoms with E-state index >= 15 is 0 Å². The molecule has 3 saturated heterocycles. The monoisotopic (exact) mass is 488 g/mol. The van der Waals surface area contributed by atoms with E-state index in [0.29, 0.717) is 22.4 Å². The Balaban J connectivity index is 0.00000289. The van der Waals surface area contributed by atoms with Crippen LogP contribution in [0.2, 0.25) is 0 Å². The quantitative estimate of drug-likeness (QED) is 0.370. The molecule has 32 heavy (non-hydrogen) atoms. The predicted octanol–water partition coefficient (Wildman–Crippen LogP) is -1.19. The molecule has 0 aromatic rings. The summed E-state index contributed by atoms with van der Waals surface area (Å²) in [5, 5.41) is 25.3. The Labute approximate surface area is 199 Å². The van der Waals surface area contributed by atoms with Crippen LogP contribution < -0.4 is 10.4 Å². The lowest BCUT2D eigenvalue weighted by Crippen LogP contribution is -2.64. The van der Waals surface area contributed by atoms with E-state index in [-0.39, 0.29) is 53.2 Å². The highest BCUT2D eigenvalue weighted by Gasteiger charge is 2.59. The van der Waals surface area contributed by atoms with Crippen molar-refractivity contribution >= 4 is 42.0 Å². The van der Waals surface area contributed by atoms with Crippen molar-refractivity contribution in [3.8, 4) is 0 Å². The maximum atomic E-state index is 13.1. The van der Waals surface area contributed by atoms with Gasteiger partial charge in [0, 0.05) is 43.4 Å². The van der Waals surface area contributed by atoms with Crippen molar-refractivity contribution in [1.82, 2.24) is 15.1 Å². The summed E-state index contributed by atoms with van der Waals surface area (Å²) in [5.74, 6) is -2.41. The number of rotatable bonds is 5. The largest absolute Gasteiger partial charge is 0.543 e. The van der Waals surface area contributed by atoms with Crippen LogP contribution in [0.5, 0.6) is 0 Å². The molecule has 9 nitrogen and oxygen atoms in total. The number of thioether (sulfide) groups is 1. The smallest absolute Gasteiger partial charge is 0.235 e. The predicted molar refractivity (Wildman–Crippen MR) is 120 cm³/mol. The highest BCUT2D eigenvalue weighted by atomic mass is 35.5. The van der Waals surface area contributed by atoms with Crippen LogP contribution in [0.25, 0.3) is 0 Å². The van der Waals surface area contributed by atoms with E-state index in [1.807, 2.05) is 11.8 Å². The molecule has 3 fully saturated rings. The van der Waals surface area contributed by atoms with Crippen molar-refractivity contribution in [1.29, 1.82) is 0 Å². The summed E-state index contributed by atoms with van der Waals surface area (Å²) in [4.78, 5) is 41.4. The fraction of sp³-hybridized carbons (Fsp3) is 0.762. The Morgan fingerprint density at radius 1 is 1.28 bits per heavy atom. The Hall–Kier alpha value is -1.33. The topological polar surface area (TPSA) is 113 Å². The van der Waals surface area contributed by atoms with Gasteiger partial charge < -0.3 is 34.6 Å². The molecule has 2 amide bonds. The number of hydrogen-bond acceptors (Lipinski definition) is 7. The number of carboxylic acid groups (broad SMARTS) is 1. The summed E-state index contributed by atoms with van der Waals surface area (Å²) in [7, 11) is 4.14. The van der Waals surface area contributed by atoms with Crippen molar-refractivity contribution in [2.45, 2.75) is 37.8 Å². The summed E-state index contributed by atoms with van der Waals surface area (Å²) in [5.41, 5.74) is -0.0544. The maximum absolute atomic E-state index is 13.1. The number of nitrogens with one attached hydrogen (secondary N) is 1. The highest BCUT2D eigenvalue weighted by molar-refractivity contribution is 8.03. The van der Waals surface area contributed by atoms with Gasteiger partial charge in [-0.3, -0.25) is 9.59 Å². The molecule has 0 aromatic heterocycles. The van der Waals surface area contributed by atoms with E-state index in [2.05, 4.69) is 19.4 Å². The van der Waals surface area contributed by atoms with Crippen molar-refractivity contribution in [3.05, 3.63) is 10.6 Å². The zero-order chi connectivity index (χ0) is 22.7. The van der Waals surface area contributed by atoms with E-state index in [9.17, 15) is 24.6 Å². The van der Waals surface area contributed by atoms with Gasteiger partial charge in [-0.15, -0.1) is 12.4 Å². The summed E-state index contributed by atoms with van der Waals surface area (Å²) in [6.45, 7) is 7.24. The first-order valence-electron chi connectivity index (χ1n) is 11.0. The maximum Gasteiger partial charge on any atom is 0.235 e.